The minimum atomic E-state index is -1.61. The molecule has 0 bridgehead atoms. The van der Waals surface area contributed by atoms with Crippen LogP contribution in [0.25, 0.3) is 22.3 Å². The van der Waals surface area contributed by atoms with Crippen molar-refractivity contribution < 1.29 is 0 Å². The Balaban J connectivity index is 1.74. The van der Waals surface area contributed by atoms with Crippen molar-refractivity contribution in [2.24, 2.45) is 0 Å². The highest BCUT2D eigenvalue weighted by atomic mass is 28.3. The summed E-state index contributed by atoms with van der Waals surface area (Å²) in [6.07, 6.45) is 0. The fraction of sp³-hybridized carbons (Fsp3) is 0. The van der Waals surface area contributed by atoms with Crippen LogP contribution < -0.4 is 15.6 Å². The van der Waals surface area contributed by atoms with Gasteiger partial charge in [0.05, 0.1) is 0 Å². The molecule has 0 N–H and O–H groups in total. The molecule has 0 saturated carbocycles. The summed E-state index contributed by atoms with van der Waals surface area (Å²) in [4.78, 5) is 0. The Hall–Kier alpha value is -3.68. The zero-order chi connectivity index (χ0) is 20.9. The van der Waals surface area contributed by atoms with Crippen molar-refractivity contribution >= 4 is 24.4 Å². The van der Waals surface area contributed by atoms with Gasteiger partial charge in [-0.15, -0.1) is 0 Å². The third kappa shape index (κ3) is 4.28. The summed E-state index contributed by atoms with van der Waals surface area (Å²) in [7, 11) is -1.61. The van der Waals surface area contributed by atoms with Crippen LogP contribution in [0.3, 0.4) is 0 Å². The normalized spacial score (nSPS) is 10.9. The van der Waals surface area contributed by atoms with E-state index < -0.39 is 8.80 Å². The molecule has 0 heterocycles. The highest BCUT2D eigenvalue weighted by molar-refractivity contribution is 6.95. The fourth-order valence-electron chi connectivity index (χ4n) is 4.28. The van der Waals surface area contributed by atoms with Crippen molar-refractivity contribution in [1.29, 1.82) is 0 Å². The summed E-state index contributed by atoms with van der Waals surface area (Å²) < 4.78 is 0. The first-order chi connectivity index (χ1) is 15.4. The van der Waals surface area contributed by atoms with Crippen LogP contribution >= 0.6 is 0 Å². The molecule has 0 aliphatic rings. The molecule has 0 aliphatic carbocycles. The van der Waals surface area contributed by atoms with Crippen molar-refractivity contribution in [3.8, 4) is 22.3 Å². The predicted octanol–water partition coefficient (Wildman–Crippen LogP) is 5.27. The molecule has 5 aromatic rings. The summed E-state index contributed by atoms with van der Waals surface area (Å²) in [6, 6.07) is 50.7. The van der Waals surface area contributed by atoms with Gasteiger partial charge < -0.3 is 0 Å². The van der Waals surface area contributed by atoms with Gasteiger partial charge in [0.2, 0.25) is 0 Å². The monoisotopic (exact) mass is 412 g/mol. The van der Waals surface area contributed by atoms with Gasteiger partial charge in [-0.3, -0.25) is 0 Å². The van der Waals surface area contributed by atoms with Crippen LogP contribution in [0.5, 0.6) is 0 Å². The highest BCUT2D eigenvalue weighted by Gasteiger charge is 2.20. The Bertz CT molecular complexity index is 1150. The predicted molar refractivity (Wildman–Crippen MR) is 136 cm³/mol. The summed E-state index contributed by atoms with van der Waals surface area (Å²) >= 11 is 0. The van der Waals surface area contributed by atoms with Gasteiger partial charge >= 0.3 is 0 Å². The van der Waals surface area contributed by atoms with Crippen LogP contribution in [0.15, 0.2) is 140 Å². The molecule has 5 rings (SSSR count). The van der Waals surface area contributed by atoms with E-state index in [0.29, 0.717) is 0 Å². The van der Waals surface area contributed by atoms with E-state index in [4.69, 9.17) is 0 Å². The van der Waals surface area contributed by atoms with Crippen molar-refractivity contribution in [2.45, 2.75) is 0 Å². The summed E-state index contributed by atoms with van der Waals surface area (Å²) in [5.41, 5.74) is 5.08. The molecular formula is C30H24Si. The maximum absolute atomic E-state index is 2.42. The van der Waals surface area contributed by atoms with Crippen molar-refractivity contribution in [1.82, 2.24) is 0 Å². The van der Waals surface area contributed by atoms with Crippen LogP contribution in [0.4, 0.5) is 0 Å². The molecule has 0 fully saturated rings. The zero-order valence-electron chi connectivity index (χ0n) is 17.4. The Morgan fingerprint density at radius 2 is 0.645 bits per heavy atom. The second-order valence-corrected chi connectivity index (χ2v) is 10.7. The van der Waals surface area contributed by atoms with Crippen molar-refractivity contribution in [3.63, 3.8) is 0 Å². The lowest BCUT2D eigenvalue weighted by molar-refractivity contribution is 1.60. The van der Waals surface area contributed by atoms with Crippen LogP contribution in [-0.2, 0) is 0 Å². The molecule has 0 aromatic heterocycles. The Kier molecular flexibility index (Phi) is 5.59. The minimum absolute atomic E-state index is 1.26. The molecule has 0 spiro atoms. The Morgan fingerprint density at radius 3 is 1.03 bits per heavy atom. The smallest absolute Gasteiger partial charge is 0.0625 e. The molecule has 0 unspecified atom stereocenters. The molecule has 31 heavy (non-hydrogen) atoms. The van der Waals surface area contributed by atoms with E-state index >= 15 is 0 Å². The lowest BCUT2D eigenvalue weighted by atomic mass is 9.99. The molecule has 1 heteroatoms. The zero-order valence-corrected chi connectivity index (χ0v) is 18.5. The molecule has 0 radical (unpaired) electrons. The Labute approximate surface area is 186 Å². The minimum Gasteiger partial charge on any atom is -0.0625 e. The van der Waals surface area contributed by atoms with Gasteiger partial charge in [0, 0.05) is 0 Å². The van der Waals surface area contributed by atoms with Gasteiger partial charge in [-0.25, -0.2) is 0 Å². The number of benzene rings is 5. The molecule has 0 atom stereocenters. The van der Waals surface area contributed by atoms with Gasteiger partial charge in [-0.05, 0) is 28.3 Å². The molecule has 0 aliphatic heterocycles. The Morgan fingerprint density at radius 1 is 0.290 bits per heavy atom. The second kappa shape index (κ2) is 8.99. The van der Waals surface area contributed by atoms with Crippen molar-refractivity contribution in [2.75, 3.05) is 0 Å². The lowest BCUT2D eigenvalue weighted by Crippen LogP contribution is -2.52. The summed E-state index contributed by atoms with van der Waals surface area (Å²) in [6.45, 7) is 0. The molecule has 148 valence electrons. The van der Waals surface area contributed by atoms with Crippen LogP contribution in [-0.4, -0.2) is 8.80 Å². The SMILES string of the molecule is c1ccc(-c2cc(-c3ccccc3)cc([SiH](c3ccccc3)c3ccccc3)c2)cc1. The van der Waals surface area contributed by atoms with Gasteiger partial charge in [-0.1, -0.05) is 149 Å². The summed E-state index contributed by atoms with van der Waals surface area (Å²) in [5.74, 6) is 0. The van der Waals surface area contributed by atoms with Crippen molar-refractivity contribution in [3.05, 3.63) is 140 Å². The third-order valence-corrected chi connectivity index (χ3v) is 8.87. The number of hydrogen-bond acceptors (Lipinski definition) is 0. The van der Waals surface area contributed by atoms with E-state index in [0.717, 1.165) is 0 Å². The molecule has 0 nitrogen and oxygen atoms in total. The first-order valence-corrected chi connectivity index (χ1v) is 12.5. The fourth-order valence-corrected chi connectivity index (χ4v) is 7.34. The quantitative estimate of drug-likeness (QED) is 0.272. The first-order valence-electron chi connectivity index (χ1n) is 10.7. The van der Waals surface area contributed by atoms with E-state index in [-0.39, 0.29) is 0 Å². The summed E-state index contributed by atoms with van der Waals surface area (Å²) in [5, 5.41) is 4.33. The average molecular weight is 413 g/mol. The molecular weight excluding hydrogens is 388 g/mol. The van der Waals surface area contributed by atoms with Crippen LogP contribution in [0, 0.1) is 0 Å². The number of hydrogen-bond donors (Lipinski definition) is 0. The van der Waals surface area contributed by atoms with Gasteiger partial charge in [-0.2, -0.15) is 0 Å². The van der Waals surface area contributed by atoms with E-state index in [1.807, 2.05) is 0 Å². The third-order valence-electron chi connectivity index (χ3n) is 5.77. The van der Waals surface area contributed by atoms with E-state index in [1.54, 1.807) is 0 Å². The number of rotatable bonds is 5. The average Bonchev–Trinajstić information content (AvgIpc) is 2.86. The standard InChI is InChI=1S/C30H24Si/c1-5-13-24(14-6-1)26-21-27(25-15-7-2-8-16-25)23-30(22-26)31(28-17-9-3-10-18-28)29-19-11-4-12-20-29/h1-23,31H. The van der Waals surface area contributed by atoms with Crippen LogP contribution in [0.1, 0.15) is 0 Å². The highest BCUT2D eigenvalue weighted by Crippen LogP contribution is 2.25. The molecule has 0 amide bonds. The largest absolute Gasteiger partial charge is 0.133 e. The van der Waals surface area contributed by atoms with Gasteiger partial charge in [0.25, 0.3) is 0 Å². The lowest BCUT2D eigenvalue weighted by Gasteiger charge is -2.20. The van der Waals surface area contributed by atoms with E-state index in [2.05, 4.69) is 140 Å². The van der Waals surface area contributed by atoms with E-state index in [1.165, 1.54) is 37.8 Å². The second-order valence-electron chi connectivity index (χ2n) is 7.83. The first kappa shape index (κ1) is 19.3. The van der Waals surface area contributed by atoms with Crippen LogP contribution in [0.2, 0.25) is 0 Å². The maximum atomic E-state index is 2.42. The maximum Gasteiger partial charge on any atom is 0.133 e. The van der Waals surface area contributed by atoms with Gasteiger partial charge in [0.1, 0.15) is 8.80 Å². The molecule has 0 saturated heterocycles. The van der Waals surface area contributed by atoms with E-state index in [9.17, 15) is 0 Å². The topological polar surface area (TPSA) is 0 Å². The molecule has 5 aromatic carbocycles. The van der Waals surface area contributed by atoms with Gasteiger partial charge in [0.15, 0.2) is 0 Å².